The number of hydrogen-bond donors (Lipinski definition) is 1. The van der Waals surface area contributed by atoms with Crippen LogP contribution in [0.5, 0.6) is 5.75 Å². The highest BCUT2D eigenvalue weighted by Crippen LogP contribution is 2.38. The van der Waals surface area contributed by atoms with Gasteiger partial charge in [-0.15, -0.1) is 0 Å². The number of hydrogen-bond acceptors (Lipinski definition) is 5. The van der Waals surface area contributed by atoms with Gasteiger partial charge >= 0.3 is 6.03 Å². The van der Waals surface area contributed by atoms with Gasteiger partial charge in [-0.05, 0) is 37.5 Å². The molecule has 8 heteroatoms. The third kappa shape index (κ3) is 3.91. The predicted octanol–water partition coefficient (Wildman–Crippen LogP) is 1.95. The first-order valence-electron chi connectivity index (χ1n) is 9.87. The van der Waals surface area contributed by atoms with Crippen LogP contribution in [-0.4, -0.2) is 60.7 Å². The second kappa shape index (κ2) is 8.13. The van der Waals surface area contributed by atoms with Gasteiger partial charge in [-0.3, -0.25) is 9.69 Å². The van der Waals surface area contributed by atoms with Crippen LogP contribution in [0.2, 0.25) is 0 Å². The summed E-state index contributed by atoms with van der Waals surface area (Å²) in [6, 6.07) is 8.55. The van der Waals surface area contributed by atoms with Crippen molar-refractivity contribution in [2.75, 3.05) is 32.9 Å². The van der Waals surface area contributed by atoms with Crippen LogP contribution in [-0.2, 0) is 9.53 Å². The number of benzene rings is 1. The molecule has 2 aliphatic heterocycles. The first-order valence-corrected chi connectivity index (χ1v) is 9.87. The monoisotopic (exact) mass is 396 g/mol. The third-order valence-electron chi connectivity index (χ3n) is 5.48. The number of rotatable bonds is 5. The average molecular weight is 396 g/mol. The zero-order valence-corrected chi connectivity index (χ0v) is 16.4. The number of allylic oxidation sites excluding steroid dienone is 1. The second-order valence-electron chi connectivity index (χ2n) is 7.40. The highest BCUT2D eigenvalue weighted by atomic mass is 16.5. The van der Waals surface area contributed by atoms with Gasteiger partial charge in [0, 0.05) is 24.8 Å². The molecule has 2 heterocycles. The average Bonchev–Trinajstić information content (AvgIpc) is 3.57. The Morgan fingerprint density at radius 1 is 1.28 bits per heavy atom. The molecule has 0 spiro atoms. The van der Waals surface area contributed by atoms with Crippen molar-refractivity contribution in [1.29, 1.82) is 5.26 Å². The van der Waals surface area contributed by atoms with E-state index < -0.39 is 6.04 Å². The maximum Gasteiger partial charge on any atom is 0.322 e. The van der Waals surface area contributed by atoms with Crippen molar-refractivity contribution in [3.63, 3.8) is 0 Å². The Labute approximate surface area is 169 Å². The van der Waals surface area contributed by atoms with E-state index in [-0.39, 0.29) is 24.6 Å². The van der Waals surface area contributed by atoms with Gasteiger partial charge in [-0.2, -0.15) is 5.26 Å². The molecule has 1 aromatic carbocycles. The minimum atomic E-state index is -0.530. The Morgan fingerprint density at radius 3 is 2.59 bits per heavy atom. The number of amides is 3. The summed E-state index contributed by atoms with van der Waals surface area (Å²) >= 11 is 0. The SMILES string of the molecule is CC1=C(C(=O)N2CCOCC2)C(c2ccc(OCC#N)cc2)NC(=O)N1C1CC1. The lowest BCUT2D eigenvalue weighted by Crippen LogP contribution is -2.51. The lowest BCUT2D eigenvalue weighted by atomic mass is 9.93. The molecule has 0 aromatic heterocycles. The molecule has 1 saturated carbocycles. The molecular weight excluding hydrogens is 372 g/mol. The van der Waals surface area contributed by atoms with Gasteiger partial charge < -0.3 is 19.7 Å². The summed E-state index contributed by atoms with van der Waals surface area (Å²) in [5.74, 6) is 0.505. The Kier molecular flexibility index (Phi) is 5.41. The highest BCUT2D eigenvalue weighted by molar-refractivity contribution is 5.98. The van der Waals surface area contributed by atoms with Gasteiger partial charge in [-0.25, -0.2) is 4.79 Å². The molecule has 0 bridgehead atoms. The summed E-state index contributed by atoms with van der Waals surface area (Å²) in [4.78, 5) is 29.7. The van der Waals surface area contributed by atoms with Crippen LogP contribution in [0, 0.1) is 11.3 Å². The fourth-order valence-electron chi connectivity index (χ4n) is 3.87. The molecule has 152 valence electrons. The molecule has 1 N–H and O–H groups in total. The normalized spacial score (nSPS) is 22.2. The molecule has 1 unspecified atom stereocenters. The van der Waals surface area contributed by atoms with Crippen molar-refractivity contribution in [2.24, 2.45) is 0 Å². The van der Waals surface area contributed by atoms with E-state index in [0.717, 1.165) is 24.1 Å². The van der Waals surface area contributed by atoms with Crippen LogP contribution in [0.1, 0.15) is 31.4 Å². The molecule has 1 aliphatic carbocycles. The molecule has 0 radical (unpaired) electrons. The third-order valence-corrected chi connectivity index (χ3v) is 5.48. The Bertz CT molecular complexity index is 864. The van der Waals surface area contributed by atoms with Gasteiger partial charge in [0.25, 0.3) is 5.91 Å². The van der Waals surface area contributed by atoms with E-state index in [1.54, 1.807) is 21.9 Å². The number of carbonyl (C=O) groups is 2. The molecule has 1 saturated heterocycles. The molecule has 3 aliphatic rings. The predicted molar refractivity (Wildman–Crippen MR) is 104 cm³/mol. The number of carbonyl (C=O) groups excluding carboxylic acids is 2. The highest BCUT2D eigenvalue weighted by Gasteiger charge is 2.43. The Hall–Kier alpha value is -3.05. The number of nitrogens with one attached hydrogen (secondary N) is 1. The van der Waals surface area contributed by atoms with Crippen molar-refractivity contribution < 1.29 is 19.1 Å². The summed E-state index contributed by atoms with van der Waals surface area (Å²) in [5.41, 5.74) is 2.13. The summed E-state index contributed by atoms with van der Waals surface area (Å²) in [7, 11) is 0. The van der Waals surface area contributed by atoms with Crippen LogP contribution >= 0.6 is 0 Å². The summed E-state index contributed by atoms with van der Waals surface area (Å²) in [5, 5.41) is 11.7. The van der Waals surface area contributed by atoms with E-state index in [4.69, 9.17) is 14.7 Å². The zero-order chi connectivity index (χ0) is 20.4. The van der Waals surface area contributed by atoms with Crippen molar-refractivity contribution in [3.05, 3.63) is 41.1 Å². The molecule has 8 nitrogen and oxygen atoms in total. The Balaban J connectivity index is 1.67. The van der Waals surface area contributed by atoms with Crippen molar-refractivity contribution in [3.8, 4) is 11.8 Å². The molecule has 1 aromatic rings. The number of ether oxygens (including phenoxy) is 2. The van der Waals surface area contributed by atoms with Crippen LogP contribution in [0.25, 0.3) is 0 Å². The fourth-order valence-corrected chi connectivity index (χ4v) is 3.87. The second-order valence-corrected chi connectivity index (χ2v) is 7.40. The molecule has 3 amide bonds. The number of morpholine rings is 1. The summed E-state index contributed by atoms with van der Waals surface area (Å²) in [6.45, 7) is 3.96. The quantitative estimate of drug-likeness (QED) is 0.821. The van der Waals surface area contributed by atoms with Gasteiger partial charge in [0.2, 0.25) is 0 Å². The van der Waals surface area contributed by atoms with Crippen LogP contribution in [0.15, 0.2) is 35.5 Å². The largest absolute Gasteiger partial charge is 0.479 e. The summed E-state index contributed by atoms with van der Waals surface area (Å²) < 4.78 is 10.7. The molecule has 29 heavy (non-hydrogen) atoms. The molecular formula is C21H24N4O4. The molecule has 1 atom stereocenters. The number of nitriles is 1. The van der Waals surface area contributed by atoms with Gasteiger partial charge in [0.15, 0.2) is 6.61 Å². The van der Waals surface area contributed by atoms with Gasteiger partial charge in [-0.1, -0.05) is 12.1 Å². The minimum Gasteiger partial charge on any atom is -0.479 e. The standard InChI is InChI=1S/C21H24N4O4/c1-14-18(20(26)24-9-12-28-13-10-24)19(23-21(27)25(14)16-4-5-16)15-2-6-17(7-3-15)29-11-8-22/h2-3,6-7,16,19H,4-5,9-13H2,1H3,(H,23,27). The van der Waals surface area contributed by atoms with Crippen LogP contribution in [0.4, 0.5) is 4.79 Å². The zero-order valence-electron chi connectivity index (χ0n) is 16.4. The smallest absolute Gasteiger partial charge is 0.322 e. The fraction of sp³-hybridized carbons (Fsp3) is 0.476. The molecule has 2 fully saturated rings. The molecule has 4 rings (SSSR count). The van der Waals surface area contributed by atoms with Gasteiger partial charge in [0.1, 0.15) is 11.8 Å². The summed E-state index contributed by atoms with van der Waals surface area (Å²) in [6.07, 6.45) is 1.92. The van der Waals surface area contributed by atoms with E-state index in [1.165, 1.54) is 0 Å². The minimum absolute atomic E-state index is 0.0321. The van der Waals surface area contributed by atoms with Gasteiger partial charge in [0.05, 0.1) is 24.8 Å². The van der Waals surface area contributed by atoms with Crippen LogP contribution in [0.3, 0.4) is 0 Å². The van der Waals surface area contributed by atoms with E-state index in [1.807, 2.05) is 25.1 Å². The number of urea groups is 1. The lowest BCUT2D eigenvalue weighted by Gasteiger charge is -2.38. The maximum absolute atomic E-state index is 13.4. The number of nitrogens with zero attached hydrogens (tertiary/aromatic N) is 3. The first-order chi connectivity index (χ1) is 14.1. The van der Waals surface area contributed by atoms with Crippen molar-refractivity contribution >= 4 is 11.9 Å². The lowest BCUT2D eigenvalue weighted by molar-refractivity contribution is -0.131. The Morgan fingerprint density at radius 2 is 1.97 bits per heavy atom. The van der Waals surface area contributed by atoms with E-state index >= 15 is 0 Å². The van der Waals surface area contributed by atoms with Crippen LogP contribution < -0.4 is 10.1 Å². The van der Waals surface area contributed by atoms with Crippen molar-refractivity contribution in [1.82, 2.24) is 15.1 Å². The first kappa shape index (κ1) is 19.3. The topological polar surface area (TPSA) is 94.9 Å². The maximum atomic E-state index is 13.4. The van der Waals surface area contributed by atoms with E-state index in [9.17, 15) is 9.59 Å². The van der Waals surface area contributed by atoms with Crippen molar-refractivity contribution in [2.45, 2.75) is 31.8 Å². The van der Waals surface area contributed by atoms with E-state index in [0.29, 0.717) is 37.6 Å². The van der Waals surface area contributed by atoms with E-state index in [2.05, 4.69) is 5.32 Å².